The van der Waals surface area contributed by atoms with Crippen molar-refractivity contribution >= 4 is 27.3 Å². The van der Waals surface area contributed by atoms with Crippen LogP contribution in [0.3, 0.4) is 0 Å². The van der Waals surface area contributed by atoms with Gasteiger partial charge in [-0.05, 0) is 123 Å². The van der Waals surface area contributed by atoms with E-state index in [9.17, 15) is 25.5 Å². The molecule has 3 atom stereocenters. The molecule has 2 aliphatic rings. The Labute approximate surface area is 331 Å². The van der Waals surface area contributed by atoms with Crippen LogP contribution in [-0.2, 0) is 12.8 Å². The Morgan fingerprint density at radius 1 is 0.561 bits per heavy atom. The first kappa shape index (κ1) is 37.8. The van der Waals surface area contributed by atoms with E-state index in [0.29, 0.717) is 79.5 Å². The predicted molar refractivity (Wildman–Crippen MR) is 225 cm³/mol. The Hall–Kier alpha value is -6.13. The highest BCUT2D eigenvalue weighted by atomic mass is 16.5. The van der Waals surface area contributed by atoms with E-state index in [1.165, 1.54) is 13.2 Å². The lowest BCUT2D eigenvalue weighted by Gasteiger charge is -2.32. The number of hydrogen-bond acceptors (Lipinski definition) is 10. The summed E-state index contributed by atoms with van der Waals surface area (Å²) in [5.74, 6) is 0.891. The summed E-state index contributed by atoms with van der Waals surface area (Å²) >= 11 is 0. The van der Waals surface area contributed by atoms with Crippen LogP contribution in [0.25, 0.3) is 54.9 Å². The molecule has 8 rings (SSSR count). The van der Waals surface area contributed by atoms with Gasteiger partial charge in [0.25, 0.3) is 0 Å². The molecular formula is C47H48N2O8. The summed E-state index contributed by atoms with van der Waals surface area (Å²) in [4.78, 5) is 4.84. The maximum Gasteiger partial charge on any atom is 0.135 e. The number of fused-ring (bicyclic) bond motifs is 4. The number of aryl methyl sites for hydroxylation is 2. The van der Waals surface area contributed by atoms with E-state index in [0.717, 1.165) is 33.5 Å². The summed E-state index contributed by atoms with van der Waals surface area (Å²) in [6, 6.07) is 13.9. The SMILES string of the molecule is COc1cc(O)c(-c2cc(-c3cc(-c4c(O)cc(O)c5c4C[C@@H](C)N[C@@H]5C)c4cc(C)cc(OC)c4c3O)c(O)c3c(OC)cc(C)cc23)c2c1C(C)=NC(C)C2. The number of nitrogens with one attached hydrogen (secondary N) is 1. The minimum Gasteiger partial charge on any atom is -0.507 e. The molecule has 0 saturated carbocycles. The molecule has 2 aliphatic heterocycles. The Bertz CT molecular complexity index is 2720. The fraction of sp³-hybridized carbons (Fsp3) is 0.298. The van der Waals surface area contributed by atoms with E-state index < -0.39 is 0 Å². The molecule has 0 spiro atoms. The zero-order valence-corrected chi connectivity index (χ0v) is 33.7. The minimum atomic E-state index is -0.204. The first-order valence-corrected chi connectivity index (χ1v) is 19.2. The molecule has 6 aromatic carbocycles. The van der Waals surface area contributed by atoms with Gasteiger partial charge in [0, 0.05) is 63.3 Å². The van der Waals surface area contributed by atoms with Crippen LogP contribution < -0.4 is 19.5 Å². The van der Waals surface area contributed by atoms with Gasteiger partial charge >= 0.3 is 0 Å². The number of phenols is 5. The summed E-state index contributed by atoms with van der Waals surface area (Å²) in [5, 5.41) is 65.5. The second kappa shape index (κ2) is 13.8. The fourth-order valence-electron chi connectivity index (χ4n) is 9.51. The van der Waals surface area contributed by atoms with Gasteiger partial charge in [-0.25, -0.2) is 0 Å². The van der Waals surface area contributed by atoms with Crippen LogP contribution in [0, 0.1) is 13.8 Å². The number of aromatic hydroxyl groups is 5. The van der Waals surface area contributed by atoms with Crippen molar-refractivity contribution < 1.29 is 39.7 Å². The lowest BCUT2D eigenvalue weighted by atomic mass is 9.80. The zero-order valence-electron chi connectivity index (χ0n) is 33.7. The molecule has 0 radical (unpaired) electrons. The van der Waals surface area contributed by atoms with Gasteiger partial charge in [-0.2, -0.15) is 0 Å². The summed E-state index contributed by atoms with van der Waals surface area (Å²) in [6.45, 7) is 11.9. The van der Waals surface area contributed by atoms with Gasteiger partial charge in [-0.15, -0.1) is 0 Å². The molecule has 57 heavy (non-hydrogen) atoms. The van der Waals surface area contributed by atoms with Gasteiger partial charge < -0.3 is 45.1 Å². The van der Waals surface area contributed by atoms with E-state index in [1.54, 1.807) is 32.4 Å². The number of methoxy groups -OCH3 is 3. The van der Waals surface area contributed by atoms with Crippen molar-refractivity contribution in [3.8, 4) is 79.4 Å². The molecule has 294 valence electrons. The number of hydrogen-bond donors (Lipinski definition) is 6. The summed E-state index contributed by atoms with van der Waals surface area (Å²) < 4.78 is 17.6. The Kier molecular flexibility index (Phi) is 9.15. The Morgan fingerprint density at radius 3 is 1.60 bits per heavy atom. The van der Waals surface area contributed by atoms with Crippen LogP contribution in [-0.4, -0.2) is 64.7 Å². The molecule has 10 nitrogen and oxygen atoms in total. The van der Waals surface area contributed by atoms with Gasteiger partial charge in [-0.3, -0.25) is 4.99 Å². The van der Waals surface area contributed by atoms with Crippen LogP contribution in [0.5, 0.6) is 46.0 Å². The van der Waals surface area contributed by atoms with Gasteiger partial charge in [0.15, 0.2) is 0 Å². The molecule has 10 heteroatoms. The highest BCUT2D eigenvalue weighted by molar-refractivity contribution is 6.14. The average Bonchev–Trinajstić information content (AvgIpc) is 3.14. The summed E-state index contributed by atoms with van der Waals surface area (Å²) in [6.07, 6.45) is 1.04. The number of ether oxygens (including phenoxy) is 3. The second-order valence-corrected chi connectivity index (χ2v) is 15.7. The van der Waals surface area contributed by atoms with Crippen molar-refractivity contribution in [1.29, 1.82) is 0 Å². The average molecular weight is 769 g/mol. The standard InChI is InChI=1S/C47H48N2O8/c1-20-10-26-28(42-32-14-22(3)48-24(5)40(32)34(50)18-35(42)51)16-30(46(53)44(26)37(12-20)55-7)31-17-29(27-11-21(2)13-38(56-8)45(27)47(31)54)43-33-15-23(4)49-25(6)41(33)39(57-9)19-36(43)52/h10-13,16-19,22-24,48,50-54H,14-15H2,1-9H3/t22-,23?,24-/m1/s1. The molecule has 0 amide bonds. The summed E-state index contributed by atoms with van der Waals surface area (Å²) in [5.41, 5.74) is 8.42. The van der Waals surface area contributed by atoms with Crippen molar-refractivity contribution in [2.45, 2.75) is 72.5 Å². The molecule has 0 aliphatic carbocycles. The van der Waals surface area contributed by atoms with Crippen LogP contribution in [0.1, 0.15) is 67.1 Å². The summed E-state index contributed by atoms with van der Waals surface area (Å²) in [7, 11) is 4.65. The molecule has 6 N–H and O–H groups in total. The van der Waals surface area contributed by atoms with Crippen LogP contribution in [0.2, 0.25) is 0 Å². The van der Waals surface area contributed by atoms with Crippen molar-refractivity contribution in [3.05, 3.63) is 81.9 Å². The highest BCUT2D eigenvalue weighted by Crippen LogP contribution is 2.56. The number of rotatable bonds is 6. The van der Waals surface area contributed by atoms with Crippen molar-refractivity contribution in [3.63, 3.8) is 0 Å². The van der Waals surface area contributed by atoms with Gasteiger partial charge in [-0.1, -0.05) is 12.1 Å². The van der Waals surface area contributed by atoms with E-state index in [4.69, 9.17) is 19.2 Å². The fourth-order valence-corrected chi connectivity index (χ4v) is 9.51. The van der Waals surface area contributed by atoms with Crippen molar-refractivity contribution in [2.24, 2.45) is 4.99 Å². The third-order valence-corrected chi connectivity index (χ3v) is 11.7. The Balaban J connectivity index is 1.55. The molecule has 0 saturated heterocycles. The highest BCUT2D eigenvalue weighted by Gasteiger charge is 2.33. The van der Waals surface area contributed by atoms with E-state index in [-0.39, 0.29) is 58.0 Å². The molecule has 0 fully saturated rings. The van der Waals surface area contributed by atoms with Crippen LogP contribution in [0.4, 0.5) is 0 Å². The van der Waals surface area contributed by atoms with Gasteiger partial charge in [0.05, 0.1) is 38.1 Å². The largest absolute Gasteiger partial charge is 0.507 e. The van der Waals surface area contributed by atoms with Gasteiger partial charge in [0.2, 0.25) is 0 Å². The van der Waals surface area contributed by atoms with Crippen LogP contribution in [0.15, 0.2) is 53.5 Å². The maximum atomic E-state index is 12.5. The molecule has 0 bridgehead atoms. The predicted octanol–water partition coefficient (Wildman–Crippen LogP) is 9.51. The number of nitrogens with zero attached hydrogens (tertiary/aromatic N) is 1. The van der Waals surface area contributed by atoms with E-state index in [2.05, 4.69) is 12.2 Å². The number of aliphatic imine (C=N–C) groups is 1. The normalized spacial score (nSPS) is 17.6. The molecule has 0 aromatic heterocycles. The molecule has 6 aromatic rings. The topological polar surface area (TPSA) is 153 Å². The quantitative estimate of drug-likeness (QED) is 0.0973. The lowest BCUT2D eigenvalue weighted by Crippen LogP contribution is -2.36. The first-order chi connectivity index (χ1) is 27.2. The second-order valence-electron chi connectivity index (χ2n) is 15.7. The van der Waals surface area contributed by atoms with Crippen LogP contribution >= 0.6 is 0 Å². The van der Waals surface area contributed by atoms with Crippen molar-refractivity contribution in [2.75, 3.05) is 21.3 Å². The van der Waals surface area contributed by atoms with E-state index in [1.807, 2.05) is 58.9 Å². The molecule has 2 heterocycles. The minimum absolute atomic E-state index is 0.00773. The third-order valence-electron chi connectivity index (χ3n) is 11.7. The number of phenolic OH excluding ortho intramolecular Hbond substituents is 5. The zero-order chi connectivity index (χ0) is 40.8. The lowest BCUT2D eigenvalue weighted by molar-refractivity contribution is 0.402. The number of benzene rings is 6. The smallest absolute Gasteiger partial charge is 0.135 e. The van der Waals surface area contributed by atoms with Gasteiger partial charge in [0.1, 0.15) is 46.0 Å². The monoisotopic (exact) mass is 768 g/mol. The van der Waals surface area contributed by atoms with E-state index >= 15 is 0 Å². The molecular weight excluding hydrogens is 721 g/mol. The molecule has 1 unspecified atom stereocenters. The van der Waals surface area contributed by atoms with Crippen molar-refractivity contribution in [1.82, 2.24) is 5.32 Å². The third kappa shape index (κ3) is 5.84. The Morgan fingerprint density at radius 2 is 1.07 bits per heavy atom. The maximum absolute atomic E-state index is 12.5. The first-order valence-electron chi connectivity index (χ1n) is 19.2.